The molecule has 0 aliphatic heterocycles. The lowest BCUT2D eigenvalue weighted by Gasteiger charge is -2.15. The van der Waals surface area contributed by atoms with Crippen LogP contribution in [0.3, 0.4) is 0 Å². The highest BCUT2D eigenvalue weighted by Crippen LogP contribution is 2.16. The normalized spacial score (nSPS) is 11.7. The van der Waals surface area contributed by atoms with Crippen molar-refractivity contribution in [2.45, 2.75) is 19.4 Å². The highest BCUT2D eigenvalue weighted by Gasteiger charge is 2.21. The van der Waals surface area contributed by atoms with E-state index >= 15 is 0 Å². The summed E-state index contributed by atoms with van der Waals surface area (Å²) in [6, 6.07) is 12.3. The smallest absolute Gasteiger partial charge is 0.326 e. The van der Waals surface area contributed by atoms with E-state index < -0.39 is 30.5 Å². The van der Waals surface area contributed by atoms with Crippen LogP contribution in [0.15, 0.2) is 42.5 Å². The molecule has 0 aromatic heterocycles. The van der Waals surface area contributed by atoms with Crippen LogP contribution < -0.4 is 5.32 Å². The molecule has 6 heteroatoms. The zero-order valence-electron chi connectivity index (χ0n) is 12.6. The average Bonchev–Trinajstić information content (AvgIpc) is 2.52. The first-order valence-corrected chi connectivity index (χ1v) is 7.09. The van der Waals surface area contributed by atoms with E-state index in [4.69, 9.17) is 0 Å². The number of nitrogens with one attached hydrogen (secondary N) is 1. The van der Waals surface area contributed by atoms with E-state index in [-0.39, 0.29) is 6.42 Å². The van der Waals surface area contributed by atoms with Crippen molar-refractivity contribution in [1.82, 2.24) is 5.32 Å². The van der Waals surface area contributed by atoms with Crippen LogP contribution in [-0.4, -0.2) is 35.6 Å². The molecule has 2 aromatic carbocycles. The summed E-state index contributed by atoms with van der Waals surface area (Å²) in [5.74, 6) is -2.38. The topological polar surface area (TPSA) is 92.7 Å². The number of amides is 1. The maximum atomic E-state index is 11.6. The maximum absolute atomic E-state index is 11.6. The van der Waals surface area contributed by atoms with Crippen molar-refractivity contribution in [2.75, 3.05) is 6.61 Å². The molecule has 2 rings (SSSR count). The predicted octanol–water partition coefficient (Wildman–Crippen LogP) is 1.51. The molecular weight excluding hydrogens is 298 g/mol. The molecule has 23 heavy (non-hydrogen) atoms. The van der Waals surface area contributed by atoms with Crippen molar-refractivity contribution in [1.29, 1.82) is 0 Å². The van der Waals surface area contributed by atoms with E-state index in [9.17, 15) is 19.5 Å². The lowest BCUT2D eigenvalue weighted by molar-refractivity contribution is -0.148. The Labute approximate surface area is 133 Å². The van der Waals surface area contributed by atoms with Gasteiger partial charge in [-0.15, -0.1) is 0 Å². The van der Waals surface area contributed by atoms with Crippen LogP contribution in [0.2, 0.25) is 0 Å². The van der Waals surface area contributed by atoms with Gasteiger partial charge >= 0.3 is 11.9 Å². The number of carboxylic acids is 1. The Morgan fingerprint density at radius 1 is 1.13 bits per heavy atom. The minimum absolute atomic E-state index is 0.145. The number of hydrogen-bond acceptors (Lipinski definition) is 4. The van der Waals surface area contributed by atoms with Crippen LogP contribution in [0.25, 0.3) is 10.8 Å². The summed E-state index contributed by atoms with van der Waals surface area (Å²) in [5, 5.41) is 13.7. The first kappa shape index (κ1) is 16.5. The number of carboxylic acid groups (broad SMARTS) is 1. The second-order valence-electron chi connectivity index (χ2n) is 5.12. The molecule has 0 spiro atoms. The van der Waals surface area contributed by atoms with Gasteiger partial charge in [0.15, 0.2) is 6.61 Å². The number of carbonyl (C=O) groups is 3. The molecule has 2 aromatic rings. The molecule has 2 N–H and O–H groups in total. The summed E-state index contributed by atoms with van der Waals surface area (Å²) in [6.07, 6.45) is 0.145. The number of rotatable bonds is 6. The van der Waals surface area contributed by atoms with Gasteiger partial charge in [0.25, 0.3) is 5.91 Å². The molecule has 1 atom stereocenters. The number of hydrogen-bond donors (Lipinski definition) is 2. The predicted molar refractivity (Wildman–Crippen MR) is 83.9 cm³/mol. The molecule has 0 unspecified atom stereocenters. The molecular formula is C17H17NO5. The fourth-order valence-corrected chi connectivity index (χ4v) is 2.20. The molecule has 0 fully saturated rings. The van der Waals surface area contributed by atoms with Crippen molar-refractivity contribution in [3.8, 4) is 0 Å². The number of benzene rings is 2. The first-order valence-electron chi connectivity index (χ1n) is 7.09. The Morgan fingerprint density at radius 3 is 2.48 bits per heavy atom. The highest BCUT2D eigenvalue weighted by molar-refractivity contribution is 5.86. The van der Waals surface area contributed by atoms with Gasteiger partial charge in [-0.2, -0.15) is 0 Å². The largest absolute Gasteiger partial charge is 0.480 e. The van der Waals surface area contributed by atoms with E-state index in [1.165, 1.54) is 6.92 Å². The third-order valence-corrected chi connectivity index (χ3v) is 3.29. The fraction of sp³-hybridized carbons (Fsp3) is 0.235. The third-order valence-electron chi connectivity index (χ3n) is 3.29. The van der Waals surface area contributed by atoms with E-state index in [2.05, 4.69) is 10.1 Å². The second kappa shape index (κ2) is 7.40. The molecule has 0 aliphatic rings. The highest BCUT2D eigenvalue weighted by atomic mass is 16.5. The molecule has 0 radical (unpaired) electrons. The van der Waals surface area contributed by atoms with Crippen molar-refractivity contribution in [3.63, 3.8) is 0 Å². The Morgan fingerprint density at radius 2 is 1.83 bits per heavy atom. The zero-order valence-corrected chi connectivity index (χ0v) is 12.6. The van der Waals surface area contributed by atoms with Gasteiger partial charge in [0.2, 0.25) is 0 Å². The van der Waals surface area contributed by atoms with Gasteiger partial charge in [0.1, 0.15) is 6.04 Å². The Kier molecular flexibility index (Phi) is 5.30. The van der Waals surface area contributed by atoms with Gasteiger partial charge in [-0.3, -0.25) is 9.59 Å². The number of ether oxygens (including phenoxy) is 1. The van der Waals surface area contributed by atoms with Gasteiger partial charge in [0.05, 0.1) is 0 Å². The second-order valence-corrected chi connectivity index (χ2v) is 5.12. The zero-order chi connectivity index (χ0) is 16.8. The monoisotopic (exact) mass is 315 g/mol. The molecule has 1 amide bonds. The molecule has 0 bridgehead atoms. The number of esters is 1. The van der Waals surface area contributed by atoms with Gasteiger partial charge < -0.3 is 15.2 Å². The summed E-state index contributed by atoms with van der Waals surface area (Å²) in [6.45, 7) is 0.688. The van der Waals surface area contributed by atoms with Gasteiger partial charge in [-0.1, -0.05) is 42.5 Å². The van der Waals surface area contributed by atoms with E-state index in [1.807, 2.05) is 42.5 Å². The van der Waals surface area contributed by atoms with Crippen molar-refractivity contribution < 1.29 is 24.2 Å². The SMILES string of the molecule is CC(=O)OCC(=O)N[C@@H](Cc1ccc2ccccc2c1)C(=O)O. The van der Waals surface area contributed by atoms with E-state index in [0.717, 1.165) is 16.3 Å². The number of fused-ring (bicyclic) bond motifs is 1. The Balaban J connectivity index is 2.07. The molecule has 0 saturated heterocycles. The van der Waals surface area contributed by atoms with Crippen LogP contribution in [0.5, 0.6) is 0 Å². The molecule has 0 saturated carbocycles. The van der Waals surface area contributed by atoms with Crippen LogP contribution in [-0.2, 0) is 25.5 Å². The summed E-state index contributed by atoms with van der Waals surface area (Å²) in [7, 11) is 0. The summed E-state index contributed by atoms with van der Waals surface area (Å²) in [5.41, 5.74) is 0.795. The third kappa shape index (κ3) is 4.81. The number of aliphatic carboxylic acids is 1. The van der Waals surface area contributed by atoms with Crippen LogP contribution >= 0.6 is 0 Å². The molecule has 120 valence electrons. The van der Waals surface area contributed by atoms with Crippen molar-refractivity contribution >= 4 is 28.6 Å². The quantitative estimate of drug-likeness (QED) is 0.788. The summed E-state index contributed by atoms with van der Waals surface area (Å²) in [4.78, 5) is 33.6. The Bertz CT molecular complexity index is 741. The fourth-order valence-electron chi connectivity index (χ4n) is 2.20. The summed E-state index contributed by atoms with van der Waals surface area (Å²) < 4.78 is 4.55. The first-order chi connectivity index (χ1) is 11.0. The van der Waals surface area contributed by atoms with Gasteiger partial charge in [-0.05, 0) is 16.3 Å². The molecule has 0 aliphatic carbocycles. The lowest BCUT2D eigenvalue weighted by atomic mass is 10.0. The molecule has 0 heterocycles. The minimum atomic E-state index is -1.14. The van der Waals surface area contributed by atoms with Gasteiger partial charge in [-0.25, -0.2) is 4.79 Å². The van der Waals surface area contributed by atoms with Crippen LogP contribution in [0.4, 0.5) is 0 Å². The van der Waals surface area contributed by atoms with Crippen molar-refractivity contribution in [2.24, 2.45) is 0 Å². The molecule has 6 nitrogen and oxygen atoms in total. The van der Waals surface area contributed by atoms with E-state index in [0.29, 0.717) is 0 Å². The standard InChI is InChI=1S/C17H17NO5/c1-11(19)23-10-16(20)18-15(17(21)22)9-12-6-7-13-4-2-3-5-14(13)8-12/h2-8,15H,9-10H2,1H3,(H,18,20)(H,21,22)/t15-/m0/s1. The van der Waals surface area contributed by atoms with Gasteiger partial charge in [0, 0.05) is 13.3 Å². The van der Waals surface area contributed by atoms with Crippen LogP contribution in [0, 0.1) is 0 Å². The number of carbonyl (C=O) groups excluding carboxylic acids is 2. The maximum Gasteiger partial charge on any atom is 0.326 e. The van der Waals surface area contributed by atoms with Crippen molar-refractivity contribution in [3.05, 3.63) is 48.0 Å². The summed E-state index contributed by atoms with van der Waals surface area (Å²) >= 11 is 0. The minimum Gasteiger partial charge on any atom is -0.480 e. The lowest BCUT2D eigenvalue weighted by Crippen LogP contribution is -2.44. The van der Waals surface area contributed by atoms with E-state index in [1.54, 1.807) is 0 Å². The average molecular weight is 315 g/mol. The Hall–Kier alpha value is -2.89. The van der Waals surface area contributed by atoms with Crippen LogP contribution in [0.1, 0.15) is 12.5 Å².